The minimum Gasteiger partial charge on any atom is -0.497 e. The van der Waals surface area contributed by atoms with E-state index < -0.39 is 0 Å². The summed E-state index contributed by atoms with van der Waals surface area (Å²) in [5.74, 6) is 1.37. The number of benzene rings is 1. The second-order valence-corrected chi connectivity index (χ2v) is 4.21. The predicted octanol–water partition coefficient (Wildman–Crippen LogP) is 2.16. The van der Waals surface area contributed by atoms with Crippen LogP contribution < -0.4 is 4.74 Å². The standard InChI is InChI=1S/C13H18O3/c1-15-12-4-2-11(3-5-12)13-8-10(6-7-14)9-16-13/h2-5,10,13-14H,6-9H2,1H3/t10-,13+/m1/s1. The van der Waals surface area contributed by atoms with E-state index in [1.54, 1.807) is 7.11 Å². The Balaban J connectivity index is 1.97. The first-order chi connectivity index (χ1) is 7.83. The maximum atomic E-state index is 8.88. The van der Waals surface area contributed by atoms with Crippen molar-refractivity contribution in [3.05, 3.63) is 29.8 Å². The van der Waals surface area contributed by atoms with E-state index in [0.29, 0.717) is 5.92 Å². The molecule has 1 aromatic carbocycles. The van der Waals surface area contributed by atoms with Crippen LogP contribution in [0.15, 0.2) is 24.3 Å². The molecule has 0 aromatic heterocycles. The van der Waals surface area contributed by atoms with E-state index in [1.165, 1.54) is 5.56 Å². The lowest BCUT2D eigenvalue weighted by Gasteiger charge is -2.10. The van der Waals surface area contributed by atoms with Crippen LogP contribution in [0.2, 0.25) is 0 Å². The molecule has 0 unspecified atom stereocenters. The highest BCUT2D eigenvalue weighted by molar-refractivity contribution is 5.28. The highest BCUT2D eigenvalue weighted by Crippen LogP contribution is 2.34. The van der Waals surface area contributed by atoms with Crippen molar-refractivity contribution in [3.63, 3.8) is 0 Å². The van der Waals surface area contributed by atoms with Gasteiger partial charge < -0.3 is 14.6 Å². The molecule has 0 aliphatic carbocycles. The number of ether oxygens (including phenoxy) is 2. The molecule has 0 saturated carbocycles. The van der Waals surface area contributed by atoms with Crippen molar-refractivity contribution in [2.24, 2.45) is 5.92 Å². The molecule has 0 bridgehead atoms. The Morgan fingerprint density at radius 2 is 2.12 bits per heavy atom. The highest BCUT2D eigenvalue weighted by Gasteiger charge is 2.26. The van der Waals surface area contributed by atoms with Crippen molar-refractivity contribution < 1.29 is 14.6 Å². The normalized spacial score (nSPS) is 24.6. The van der Waals surface area contributed by atoms with Crippen molar-refractivity contribution in [1.29, 1.82) is 0 Å². The molecule has 16 heavy (non-hydrogen) atoms. The summed E-state index contributed by atoms with van der Waals surface area (Å²) < 4.78 is 10.8. The summed E-state index contributed by atoms with van der Waals surface area (Å²) in [4.78, 5) is 0. The zero-order valence-corrected chi connectivity index (χ0v) is 9.56. The van der Waals surface area contributed by atoms with Crippen molar-refractivity contribution in [1.82, 2.24) is 0 Å². The van der Waals surface area contributed by atoms with E-state index in [0.717, 1.165) is 25.2 Å². The predicted molar refractivity (Wildman–Crippen MR) is 61.5 cm³/mol. The fourth-order valence-electron chi connectivity index (χ4n) is 2.13. The molecule has 0 amide bonds. The van der Waals surface area contributed by atoms with Gasteiger partial charge in [-0.15, -0.1) is 0 Å². The third kappa shape index (κ3) is 2.54. The molecule has 1 aliphatic rings. The van der Waals surface area contributed by atoms with Crippen LogP contribution in [0.25, 0.3) is 0 Å². The molecule has 0 spiro atoms. The van der Waals surface area contributed by atoms with Crippen molar-refractivity contribution in [2.45, 2.75) is 18.9 Å². The average Bonchev–Trinajstić information content (AvgIpc) is 2.78. The molecule has 3 nitrogen and oxygen atoms in total. The second kappa shape index (κ2) is 5.32. The highest BCUT2D eigenvalue weighted by atomic mass is 16.5. The SMILES string of the molecule is COc1ccc([C@@H]2C[C@@H](CCO)CO2)cc1. The first-order valence-corrected chi connectivity index (χ1v) is 5.70. The van der Waals surface area contributed by atoms with E-state index in [9.17, 15) is 0 Å². The maximum absolute atomic E-state index is 8.88. The molecule has 1 N–H and O–H groups in total. The quantitative estimate of drug-likeness (QED) is 0.848. The van der Waals surface area contributed by atoms with Gasteiger partial charge in [0.05, 0.1) is 19.8 Å². The summed E-state index contributed by atoms with van der Waals surface area (Å²) >= 11 is 0. The summed E-state index contributed by atoms with van der Waals surface area (Å²) in [6, 6.07) is 8.01. The van der Waals surface area contributed by atoms with E-state index >= 15 is 0 Å². The minimum atomic E-state index is 0.183. The third-order valence-electron chi connectivity index (χ3n) is 3.11. The Morgan fingerprint density at radius 1 is 1.38 bits per heavy atom. The largest absolute Gasteiger partial charge is 0.497 e. The lowest BCUT2D eigenvalue weighted by atomic mass is 9.98. The van der Waals surface area contributed by atoms with Crippen LogP contribution in [0.1, 0.15) is 24.5 Å². The van der Waals surface area contributed by atoms with Gasteiger partial charge in [-0.1, -0.05) is 12.1 Å². The van der Waals surface area contributed by atoms with Crippen LogP contribution in [0.3, 0.4) is 0 Å². The Kier molecular flexibility index (Phi) is 3.80. The van der Waals surface area contributed by atoms with Crippen molar-refractivity contribution in [2.75, 3.05) is 20.3 Å². The first kappa shape index (κ1) is 11.4. The second-order valence-electron chi connectivity index (χ2n) is 4.21. The van der Waals surface area contributed by atoms with Gasteiger partial charge in [-0.25, -0.2) is 0 Å². The maximum Gasteiger partial charge on any atom is 0.118 e. The van der Waals surface area contributed by atoms with Gasteiger partial charge in [-0.2, -0.15) is 0 Å². The Morgan fingerprint density at radius 3 is 2.75 bits per heavy atom. The van der Waals surface area contributed by atoms with Crippen molar-refractivity contribution >= 4 is 0 Å². The van der Waals surface area contributed by atoms with Crippen LogP contribution in [0, 0.1) is 5.92 Å². The summed E-state index contributed by atoms with van der Waals surface area (Å²) in [5, 5.41) is 8.88. The van der Waals surface area contributed by atoms with E-state index in [4.69, 9.17) is 14.6 Å². The molecular formula is C13H18O3. The van der Waals surface area contributed by atoms with Crippen LogP contribution in [-0.2, 0) is 4.74 Å². The van der Waals surface area contributed by atoms with E-state index in [2.05, 4.69) is 0 Å². The van der Waals surface area contributed by atoms with E-state index in [1.807, 2.05) is 24.3 Å². The zero-order valence-electron chi connectivity index (χ0n) is 9.56. The van der Waals surface area contributed by atoms with Gasteiger partial charge in [-0.05, 0) is 36.5 Å². The number of rotatable bonds is 4. The molecule has 1 heterocycles. The Labute approximate surface area is 96.0 Å². The van der Waals surface area contributed by atoms with Gasteiger partial charge in [0.25, 0.3) is 0 Å². The molecule has 1 aliphatic heterocycles. The summed E-state index contributed by atoms with van der Waals surface area (Å²) in [6.07, 6.45) is 2.03. The molecule has 2 atom stereocenters. The summed E-state index contributed by atoms with van der Waals surface area (Å²) in [7, 11) is 1.67. The smallest absolute Gasteiger partial charge is 0.118 e. The van der Waals surface area contributed by atoms with Gasteiger partial charge in [0.15, 0.2) is 0 Å². The Hall–Kier alpha value is -1.06. The fourth-order valence-corrected chi connectivity index (χ4v) is 2.13. The van der Waals surface area contributed by atoms with Crippen LogP contribution in [0.4, 0.5) is 0 Å². The molecule has 1 saturated heterocycles. The molecule has 1 aromatic rings. The topological polar surface area (TPSA) is 38.7 Å². The molecule has 3 heteroatoms. The fraction of sp³-hybridized carbons (Fsp3) is 0.538. The van der Waals surface area contributed by atoms with Gasteiger partial charge in [0, 0.05) is 6.61 Å². The van der Waals surface area contributed by atoms with Gasteiger partial charge in [0.2, 0.25) is 0 Å². The molecule has 88 valence electrons. The third-order valence-corrected chi connectivity index (χ3v) is 3.11. The van der Waals surface area contributed by atoms with Crippen molar-refractivity contribution in [3.8, 4) is 5.75 Å². The average molecular weight is 222 g/mol. The molecule has 0 radical (unpaired) electrons. The molecule has 1 fully saturated rings. The van der Waals surface area contributed by atoms with Crippen LogP contribution in [-0.4, -0.2) is 25.4 Å². The number of methoxy groups -OCH3 is 1. The number of hydrogen-bond acceptors (Lipinski definition) is 3. The van der Waals surface area contributed by atoms with Crippen LogP contribution >= 0.6 is 0 Å². The number of aliphatic hydroxyl groups excluding tert-OH is 1. The minimum absolute atomic E-state index is 0.183. The lowest BCUT2D eigenvalue weighted by molar-refractivity contribution is 0.105. The first-order valence-electron chi connectivity index (χ1n) is 5.70. The molecule has 2 rings (SSSR count). The van der Waals surface area contributed by atoms with E-state index in [-0.39, 0.29) is 12.7 Å². The lowest BCUT2D eigenvalue weighted by Crippen LogP contribution is -2.01. The summed E-state index contributed by atoms with van der Waals surface area (Å²) in [5.41, 5.74) is 1.20. The monoisotopic (exact) mass is 222 g/mol. The van der Waals surface area contributed by atoms with Crippen LogP contribution in [0.5, 0.6) is 5.75 Å². The number of aliphatic hydroxyl groups is 1. The molecular weight excluding hydrogens is 204 g/mol. The Bertz CT molecular complexity index is 320. The van der Waals surface area contributed by atoms with Gasteiger partial charge in [0.1, 0.15) is 5.75 Å². The summed E-state index contributed by atoms with van der Waals surface area (Å²) in [6.45, 7) is 1.01. The zero-order chi connectivity index (χ0) is 11.4. The van der Waals surface area contributed by atoms with Gasteiger partial charge >= 0.3 is 0 Å². The van der Waals surface area contributed by atoms with Gasteiger partial charge in [-0.3, -0.25) is 0 Å². The number of hydrogen-bond donors (Lipinski definition) is 1.